The summed E-state index contributed by atoms with van der Waals surface area (Å²) >= 11 is 1.63. The fourth-order valence-electron chi connectivity index (χ4n) is 2.37. The molecule has 21 heavy (non-hydrogen) atoms. The van der Waals surface area contributed by atoms with Crippen LogP contribution in [0.3, 0.4) is 0 Å². The van der Waals surface area contributed by atoms with Crippen molar-refractivity contribution in [3.05, 3.63) is 29.3 Å². The zero-order valence-electron chi connectivity index (χ0n) is 12.4. The molecule has 112 valence electrons. The van der Waals surface area contributed by atoms with E-state index >= 15 is 0 Å². The third-order valence-electron chi connectivity index (χ3n) is 3.55. The summed E-state index contributed by atoms with van der Waals surface area (Å²) in [6.07, 6.45) is 2.82. The van der Waals surface area contributed by atoms with Crippen molar-refractivity contribution < 1.29 is 9.32 Å². The van der Waals surface area contributed by atoms with Gasteiger partial charge >= 0.3 is 0 Å². The topological polar surface area (TPSA) is 46.3 Å². The van der Waals surface area contributed by atoms with E-state index in [1.54, 1.807) is 11.3 Å². The molecule has 0 saturated heterocycles. The maximum absolute atomic E-state index is 12.3. The smallest absolute Gasteiger partial charge is 0.223 e. The van der Waals surface area contributed by atoms with E-state index in [-0.39, 0.29) is 5.91 Å². The Bertz CT molecular complexity index is 600. The SMILES string of the molecule is CC(C)CC(=O)N(Cc1cc(-c2cccs2)on1)C1CC1. The number of carbonyl (C=O) groups excluding carboxylic acids is 1. The number of rotatable bonds is 6. The van der Waals surface area contributed by atoms with E-state index in [0.717, 1.165) is 29.2 Å². The molecular formula is C16H20N2O2S. The number of nitrogens with zero attached hydrogens (tertiary/aromatic N) is 2. The third kappa shape index (κ3) is 3.53. The van der Waals surface area contributed by atoms with Crippen molar-refractivity contribution in [2.75, 3.05) is 0 Å². The van der Waals surface area contributed by atoms with E-state index in [0.29, 0.717) is 24.9 Å². The Hall–Kier alpha value is -1.62. The number of amides is 1. The monoisotopic (exact) mass is 304 g/mol. The van der Waals surface area contributed by atoms with Gasteiger partial charge in [0.15, 0.2) is 5.76 Å². The Morgan fingerprint density at radius 2 is 2.33 bits per heavy atom. The van der Waals surface area contributed by atoms with Crippen LogP contribution in [0.4, 0.5) is 0 Å². The van der Waals surface area contributed by atoms with Gasteiger partial charge in [0, 0.05) is 18.5 Å². The Balaban J connectivity index is 1.70. The van der Waals surface area contributed by atoms with Crippen molar-refractivity contribution in [3.63, 3.8) is 0 Å². The first kappa shape index (κ1) is 14.3. The number of carbonyl (C=O) groups is 1. The zero-order chi connectivity index (χ0) is 14.8. The number of aromatic nitrogens is 1. The highest BCUT2D eigenvalue weighted by atomic mass is 32.1. The molecule has 1 saturated carbocycles. The van der Waals surface area contributed by atoms with Crippen molar-refractivity contribution in [1.29, 1.82) is 0 Å². The normalized spacial score (nSPS) is 14.6. The molecule has 1 fully saturated rings. The Labute approximate surface area is 128 Å². The van der Waals surface area contributed by atoms with Gasteiger partial charge in [-0.3, -0.25) is 4.79 Å². The van der Waals surface area contributed by atoms with E-state index < -0.39 is 0 Å². The fourth-order valence-corrected chi connectivity index (χ4v) is 3.04. The quantitative estimate of drug-likeness (QED) is 0.812. The highest BCUT2D eigenvalue weighted by molar-refractivity contribution is 7.13. The molecule has 0 atom stereocenters. The van der Waals surface area contributed by atoms with Crippen LogP contribution in [0.2, 0.25) is 0 Å². The highest BCUT2D eigenvalue weighted by Gasteiger charge is 2.33. The summed E-state index contributed by atoms with van der Waals surface area (Å²) in [7, 11) is 0. The zero-order valence-corrected chi connectivity index (χ0v) is 13.2. The Morgan fingerprint density at radius 3 is 2.95 bits per heavy atom. The van der Waals surface area contributed by atoms with Crippen LogP contribution in [-0.2, 0) is 11.3 Å². The minimum Gasteiger partial charge on any atom is -0.355 e. The van der Waals surface area contributed by atoms with Crippen LogP contribution in [0.25, 0.3) is 10.6 Å². The van der Waals surface area contributed by atoms with Gasteiger partial charge in [-0.2, -0.15) is 0 Å². The predicted octanol–water partition coefficient (Wildman–Crippen LogP) is 3.94. The molecule has 3 rings (SSSR count). The fraction of sp³-hybridized carbons (Fsp3) is 0.500. The van der Waals surface area contributed by atoms with Gasteiger partial charge in [0.2, 0.25) is 5.91 Å². The molecule has 0 N–H and O–H groups in total. The molecule has 1 amide bonds. The summed E-state index contributed by atoms with van der Waals surface area (Å²) in [5.74, 6) is 1.40. The molecule has 1 aliphatic carbocycles. The number of hydrogen-bond acceptors (Lipinski definition) is 4. The van der Waals surface area contributed by atoms with Crippen molar-refractivity contribution in [2.45, 2.75) is 45.7 Å². The first-order chi connectivity index (χ1) is 10.1. The lowest BCUT2D eigenvalue weighted by Gasteiger charge is -2.22. The lowest BCUT2D eigenvalue weighted by molar-refractivity contribution is -0.133. The molecule has 0 bridgehead atoms. The van der Waals surface area contributed by atoms with E-state index in [9.17, 15) is 4.79 Å². The van der Waals surface area contributed by atoms with Gasteiger partial charge in [-0.15, -0.1) is 11.3 Å². The van der Waals surface area contributed by atoms with Crippen LogP contribution in [0, 0.1) is 5.92 Å². The molecule has 0 unspecified atom stereocenters. The standard InChI is InChI=1S/C16H20N2O2S/c1-11(2)8-16(19)18(13-5-6-13)10-12-9-14(20-17-12)15-4-3-7-21-15/h3-4,7,9,11,13H,5-6,8,10H2,1-2H3. The minimum absolute atomic E-state index is 0.230. The number of hydrogen-bond donors (Lipinski definition) is 0. The van der Waals surface area contributed by atoms with Gasteiger partial charge in [-0.25, -0.2) is 0 Å². The molecule has 0 spiro atoms. The second-order valence-electron chi connectivity index (χ2n) is 6.01. The Kier molecular flexibility index (Phi) is 4.10. The van der Waals surface area contributed by atoms with E-state index in [2.05, 4.69) is 19.0 Å². The van der Waals surface area contributed by atoms with Crippen LogP contribution in [0.5, 0.6) is 0 Å². The highest BCUT2D eigenvalue weighted by Crippen LogP contribution is 2.31. The Morgan fingerprint density at radius 1 is 1.52 bits per heavy atom. The lowest BCUT2D eigenvalue weighted by atomic mass is 10.1. The summed E-state index contributed by atoms with van der Waals surface area (Å²) in [6, 6.07) is 6.35. The van der Waals surface area contributed by atoms with Crippen LogP contribution in [0.15, 0.2) is 28.1 Å². The predicted molar refractivity (Wildman–Crippen MR) is 82.8 cm³/mol. The van der Waals surface area contributed by atoms with Gasteiger partial charge < -0.3 is 9.42 Å². The summed E-state index contributed by atoms with van der Waals surface area (Å²) < 4.78 is 5.39. The van der Waals surface area contributed by atoms with Crippen LogP contribution in [0.1, 0.15) is 38.8 Å². The molecule has 0 aromatic carbocycles. The van der Waals surface area contributed by atoms with Gasteiger partial charge in [-0.05, 0) is 30.2 Å². The molecule has 0 radical (unpaired) electrons. The van der Waals surface area contributed by atoms with E-state index in [1.807, 2.05) is 28.5 Å². The first-order valence-electron chi connectivity index (χ1n) is 7.42. The van der Waals surface area contributed by atoms with Crippen LogP contribution >= 0.6 is 11.3 Å². The molecule has 5 heteroatoms. The summed E-state index contributed by atoms with van der Waals surface area (Å²) in [5, 5.41) is 6.14. The number of thiophene rings is 1. The summed E-state index contributed by atoms with van der Waals surface area (Å²) in [6.45, 7) is 4.72. The summed E-state index contributed by atoms with van der Waals surface area (Å²) in [4.78, 5) is 15.4. The molecule has 4 nitrogen and oxygen atoms in total. The third-order valence-corrected chi connectivity index (χ3v) is 4.43. The average Bonchev–Trinajstić information content (AvgIpc) is 2.94. The van der Waals surface area contributed by atoms with Crippen molar-refractivity contribution in [3.8, 4) is 10.6 Å². The molecular weight excluding hydrogens is 284 g/mol. The van der Waals surface area contributed by atoms with Gasteiger partial charge in [0.25, 0.3) is 0 Å². The van der Waals surface area contributed by atoms with Crippen molar-refractivity contribution >= 4 is 17.2 Å². The van der Waals surface area contributed by atoms with Crippen molar-refractivity contribution in [2.24, 2.45) is 5.92 Å². The molecule has 0 aliphatic heterocycles. The molecule has 2 aromatic rings. The van der Waals surface area contributed by atoms with Gasteiger partial charge in [-0.1, -0.05) is 25.1 Å². The van der Waals surface area contributed by atoms with Crippen LogP contribution in [-0.4, -0.2) is 22.0 Å². The average molecular weight is 304 g/mol. The second-order valence-corrected chi connectivity index (χ2v) is 6.96. The van der Waals surface area contributed by atoms with E-state index in [4.69, 9.17) is 4.52 Å². The maximum Gasteiger partial charge on any atom is 0.223 e. The largest absolute Gasteiger partial charge is 0.355 e. The van der Waals surface area contributed by atoms with Gasteiger partial charge in [0.1, 0.15) is 5.69 Å². The lowest BCUT2D eigenvalue weighted by Crippen LogP contribution is -2.33. The molecule has 2 aromatic heterocycles. The van der Waals surface area contributed by atoms with Crippen LogP contribution < -0.4 is 0 Å². The van der Waals surface area contributed by atoms with Gasteiger partial charge in [0.05, 0.1) is 11.4 Å². The molecule has 1 aliphatic rings. The van der Waals surface area contributed by atoms with Crippen molar-refractivity contribution in [1.82, 2.24) is 10.1 Å². The first-order valence-corrected chi connectivity index (χ1v) is 8.30. The minimum atomic E-state index is 0.230. The molecule has 2 heterocycles. The maximum atomic E-state index is 12.3. The second kappa shape index (κ2) is 6.02. The summed E-state index contributed by atoms with van der Waals surface area (Å²) in [5.41, 5.74) is 0.836. The van der Waals surface area contributed by atoms with E-state index in [1.165, 1.54) is 0 Å².